The summed E-state index contributed by atoms with van der Waals surface area (Å²) in [6, 6.07) is 0. The van der Waals surface area contributed by atoms with Crippen LogP contribution in [0.5, 0.6) is 0 Å². The Hall–Kier alpha value is -1.88. The van der Waals surface area contributed by atoms with Crippen LogP contribution in [-0.4, -0.2) is 38.4 Å². The van der Waals surface area contributed by atoms with Crippen molar-refractivity contribution < 1.29 is 23.8 Å². The largest absolute Gasteiger partial charge is 0.466 e. The molecule has 0 radical (unpaired) electrons. The molecular formula is C14H22O5. The Morgan fingerprint density at radius 2 is 1.58 bits per heavy atom. The van der Waals surface area contributed by atoms with Gasteiger partial charge in [-0.15, -0.1) is 13.2 Å². The van der Waals surface area contributed by atoms with Gasteiger partial charge in [-0.2, -0.15) is 0 Å². The summed E-state index contributed by atoms with van der Waals surface area (Å²) < 4.78 is 13.9. The number of hydrogen-bond donors (Lipinski definition) is 0. The summed E-state index contributed by atoms with van der Waals surface area (Å²) >= 11 is 0. The van der Waals surface area contributed by atoms with E-state index in [0.717, 1.165) is 0 Å². The lowest BCUT2D eigenvalue weighted by atomic mass is 10.4. The van der Waals surface area contributed by atoms with Crippen LogP contribution < -0.4 is 0 Å². The fourth-order valence-corrected chi connectivity index (χ4v) is 0.630. The normalized spacial score (nSPS) is 14.6. The SMILES string of the molecule is C=C.C=C(C)C(=O)OC.C=C(C)C(=O)OCC1CO1. The maximum absolute atomic E-state index is 10.7. The van der Waals surface area contributed by atoms with Crippen LogP contribution >= 0.6 is 0 Å². The van der Waals surface area contributed by atoms with Crippen molar-refractivity contribution in [2.45, 2.75) is 20.0 Å². The molecule has 5 heteroatoms. The molecular weight excluding hydrogens is 248 g/mol. The van der Waals surface area contributed by atoms with Crippen LogP contribution in [0.3, 0.4) is 0 Å². The van der Waals surface area contributed by atoms with Crippen molar-refractivity contribution in [1.29, 1.82) is 0 Å². The van der Waals surface area contributed by atoms with Crippen molar-refractivity contribution in [2.24, 2.45) is 0 Å². The molecule has 0 saturated carbocycles. The quantitative estimate of drug-likeness (QED) is 0.338. The van der Waals surface area contributed by atoms with Crippen LogP contribution in [0.4, 0.5) is 0 Å². The van der Waals surface area contributed by atoms with Crippen LogP contribution in [0.15, 0.2) is 37.5 Å². The number of carbonyl (C=O) groups excluding carboxylic acids is 2. The van der Waals surface area contributed by atoms with Crippen LogP contribution in [0.1, 0.15) is 13.8 Å². The molecule has 0 aromatic carbocycles. The molecule has 0 aromatic rings. The number of epoxide rings is 1. The lowest BCUT2D eigenvalue weighted by Crippen LogP contribution is -2.09. The Bertz CT molecular complexity index is 329. The third-order valence-electron chi connectivity index (χ3n) is 1.69. The van der Waals surface area contributed by atoms with Gasteiger partial charge in [0.15, 0.2) is 0 Å². The average Bonchev–Trinajstić information content (AvgIpc) is 3.21. The van der Waals surface area contributed by atoms with E-state index in [1.54, 1.807) is 13.8 Å². The van der Waals surface area contributed by atoms with Gasteiger partial charge in [0.25, 0.3) is 0 Å². The average molecular weight is 270 g/mol. The standard InChI is InChI=1S/C7H10O3.C5H8O2.C2H4/c1-5(2)7(8)10-4-6-3-9-6;1-4(2)5(6)7-3;1-2/h6H,1,3-4H2,2H3;1H2,2-3H3;1-2H2. The Balaban J connectivity index is 0. The maximum atomic E-state index is 10.7. The second-order valence-electron chi connectivity index (χ2n) is 3.61. The van der Waals surface area contributed by atoms with Gasteiger partial charge in [-0.3, -0.25) is 0 Å². The summed E-state index contributed by atoms with van der Waals surface area (Å²) in [6.07, 6.45) is 0.142. The second kappa shape index (κ2) is 11.2. The molecule has 1 atom stereocenters. The smallest absolute Gasteiger partial charge is 0.333 e. The summed E-state index contributed by atoms with van der Waals surface area (Å²) in [7, 11) is 1.33. The molecule has 1 aliphatic heterocycles. The van der Waals surface area contributed by atoms with Crippen molar-refractivity contribution in [2.75, 3.05) is 20.3 Å². The molecule has 5 nitrogen and oxygen atoms in total. The molecule has 19 heavy (non-hydrogen) atoms. The first kappa shape index (κ1) is 19.5. The fraction of sp³-hybridized carbons (Fsp3) is 0.429. The highest BCUT2D eigenvalue weighted by atomic mass is 16.6. The van der Waals surface area contributed by atoms with E-state index in [-0.39, 0.29) is 18.0 Å². The molecule has 1 fully saturated rings. The van der Waals surface area contributed by atoms with E-state index in [9.17, 15) is 9.59 Å². The molecule has 0 aliphatic carbocycles. The van der Waals surface area contributed by atoms with Gasteiger partial charge in [0, 0.05) is 11.1 Å². The Morgan fingerprint density at radius 1 is 1.16 bits per heavy atom. The topological polar surface area (TPSA) is 65.1 Å². The summed E-state index contributed by atoms with van der Waals surface area (Å²) in [6.45, 7) is 17.1. The predicted octanol–water partition coefficient (Wildman–Crippen LogP) is 2.04. The van der Waals surface area contributed by atoms with Gasteiger partial charge < -0.3 is 14.2 Å². The van der Waals surface area contributed by atoms with Crippen molar-refractivity contribution in [3.63, 3.8) is 0 Å². The first-order valence-electron chi connectivity index (χ1n) is 5.56. The Kier molecular flexibility index (Phi) is 11.5. The van der Waals surface area contributed by atoms with Crippen molar-refractivity contribution in [3.8, 4) is 0 Å². The van der Waals surface area contributed by atoms with Gasteiger partial charge in [-0.05, 0) is 13.8 Å². The van der Waals surface area contributed by atoms with E-state index in [2.05, 4.69) is 31.1 Å². The van der Waals surface area contributed by atoms with Gasteiger partial charge >= 0.3 is 11.9 Å². The van der Waals surface area contributed by atoms with Crippen LogP contribution in [0.2, 0.25) is 0 Å². The lowest BCUT2D eigenvalue weighted by Gasteiger charge is -1.99. The molecule has 0 N–H and O–H groups in total. The van der Waals surface area contributed by atoms with Gasteiger partial charge in [0.1, 0.15) is 12.7 Å². The molecule has 1 unspecified atom stereocenters. The van der Waals surface area contributed by atoms with Crippen molar-refractivity contribution in [1.82, 2.24) is 0 Å². The molecule has 0 aromatic heterocycles. The van der Waals surface area contributed by atoms with Gasteiger partial charge in [0.05, 0.1) is 13.7 Å². The fourth-order valence-electron chi connectivity index (χ4n) is 0.630. The third kappa shape index (κ3) is 12.4. The Morgan fingerprint density at radius 3 is 1.79 bits per heavy atom. The molecule has 0 spiro atoms. The zero-order valence-corrected chi connectivity index (χ0v) is 11.9. The summed E-state index contributed by atoms with van der Waals surface area (Å²) in [5.74, 6) is -0.685. The van der Waals surface area contributed by atoms with E-state index in [1.165, 1.54) is 7.11 Å². The second-order valence-corrected chi connectivity index (χ2v) is 3.61. The molecule has 1 rings (SSSR count). The van der Waals surface area contributed by atoms with Crippen LogP contribution in [0.25, 0.3) is 0 Å². The first-order chi connectivity index (χ1) is 8.88. The summed E-state index contributed by atoms with van der Waals surface area (Å²) in [5.41, 5.74) is 0.864. The lowest BCUT2D eigenvalue weighted by molar-refractivity contribution is -0.139. The van der Waals surface area contributed by atoms with Gasteiger partial charge in [-0.1, -0.05) is 13.2 Å². The zero-order valence-electron chi connectivity index (χ0n) is 11.9. The van der Waals surface area contributed by atoms with Gasteiger partial charge in [0.2, 0.25) is 0 Å². The predicted molar refractivity (Wildman–Crippen MR) is 73.6 cm³/mol. The molecule has 108 valence electrons. The monoisotopic (exact) mass is 270 g/mol. The highest BCUT2D eigenvalue weighted by molar-refractivity contribution is 5.87. The number of ether oxygens (including phenoxy) is 3. The summed E-state index contributed by atoms with van der Waals surface area (Å²) in [4.78, 5) is 20.9. The molecule has 1 saturated heterocycles. The zero-order chi connectivity index (χ0) is 15.4. The van der Waals surface area contributed by atoms with E-state index >= 15 is 0 Å². The molecule has 0 bridgehead atoms. The minimum Gasteiger partial charge on any atom is -0.466 e. The van der Waals surface area contributed by atoms with E-state index in [4.69, 9.17) is 9.47 Å². The Labute approximate surface area is 114 Å². The first-order valence-corrected chi connectivity index (χ1v) is 5.56. The minimum atomic E-state index is -0.347. The third-order valence-corrected chi connectivity index (χ3v) is 1.69. The van der Waals surface area contributed by atoms with E-state index < -0.39 is 0 Å². The van der Waals surface area contributed by atoms with Crippen LogP contribution in [-0.2, 0) is 23.8 Å². The minimum absolute atomic E-state index is 0.142. The van der Waals surface area contributed by atoms with Crippen molar-refractivity contribution >= 4 is 11.9 Å². The van der Waals surface area contributed by atoms with E-state index in [1.807, 2.05) is 0 Å². The number of carbonyl (C=O) groups is 2. The number of methoxy groups -OCH3 is 1. The van der Waals surface area contributed by atoms with Gasteiger partial charge in [-0.25, -0.2) is 9.59 Å². The maximum Gasteiger partial charge on any atom is 0.333 e. The molecule has 0 amide bonds. The highest BCUT2D eigenvalue weighted by Gasteiger charge is 2.24. The van der Waals surface area contributed by atoms with E-state index in [0.29, 0.717) is 24.4 Å². The summed E-state index contributed by atoms with van der Waals surface area (Å²) in [5, 5.41) is 0. The molecule has 1 heterocycles. The van der Waals surface area contributed by atoms with Crippen LogP contribution in [0, 0.1) is 0 Å². The van der Waals surface area contributed by atoms with Crippen molar-refractivity contribution in [3.05, 3.63) is 37.5 Å². The number of esters is 2. The number of rotatable bonds is 4. The highest BCUT2D eigenvalue weighted by Crippen LogP contribution is 2.09. The molecule has 1 aliphatic rings. The number of hydrogen-bond acceptors (Lipinski definition) is 5.